The van der Waals surface area contributed by atoms with Gasteiger partial charge in [-0.2, -0.15) is 0 Å². The van der Waals surface area contributed by atoms with E-state index in [2.05, 4.69) is 0 Å². The highest BCUT2D eigenvalue weighted by molar-refractivity contribution is 5.74. The number of aliphatic carboxylic acids is 1. The molecule has 0 aliphatic carbocycles. The van der Waals surface area contributed by atoms with Crippen LogP contribution in [0.1, 0.15) is 32.1 Å². The summed E-state index contributed by atoms with van der Waals surface area (Å²) >= 11 is 0. The van der Waals surface area contributed by atoms with Gasteiger partial charge in [0, 0.05) is 39.7 Å². The molecule has 1 heterocycles. The second-order valence-electron chi connectivity index (χ2n) is 5.19. The number of nitrogens with zero attached hydrogens (tertiary/aromatic N) is 2. The lowest BCUT2D eigenvalue weighted by Gasteiger charge is -2.24. The van der Waals surface area contributed by atoms with Crippen LogP contribution in [0.3, 0.4) is 0 Å². The summed E-state index contributed by atoms with van der Waals surface area (Å²) in [6.07, 6.45) is 3.48. The van der Waals surface area contributed by atoms with Gasteiger partial charge in [0.1, 0.15) is 0 Å². The van der Waals surface area contributed by atoms with Crippen LogP contribution in [0.15, 0.2) is 0 Å². The van der Waals surface area contributed by atoms with Crippen molar-refractivity contribution in [2.24, 2.45) is 5.92 Å². The topological polar surface area (TPSA) is 81.1 Å². The van der Waals surface area contributed by atoms with Crippen LogP contribution in [-0.4, -0.2) is 65.3 Å². The van der Waals surface area contributed by atoms with Gasteiger partial charge >= 0.3 is 12.0 Å². The molecule has 1 aliphatic rings. The van der Waals surface area contributed by atoms with Crippen molar-refractivity contribution in [3.63, 3.8) is 0 Å². The van der Waals surface area contributed by atoms with Crippen LogP contribution in [0.5, 0.6) is 0 Å². The Morgan fingerprint density at radius 2 is 2.05 bits per heavy atom. The molecule has 19 heavy (non-hydrogen) atoms. The molecule has 1 unspecified atom stereocenters. The van der Waals surface area contributed by atoms with Crippen molar-refractivity contribution < 1.29 is 19.8 Å². The number of hydrogen-bond acceptors (Lipinski definition) is 3. The summed E-state index contributed by atoms with van der Waals surface area (Å²) in [6, 6.07) is -0.0168. The van der Waals surface area contributed by atoms with Crippen molar-refractivity contribution >= 4 is 12.0 Å². The molecule has 1 atom stereocenters. The first kappa shape index (κ1) is 15.8. The number of carboxylic acid groups (broad SMARTS) is 1. The smallest absolute Gasteiger partial charge is 0.319 e. The lowest BCUT2D eigenvalue weighted by Crippen LogP contribution is -2.40. The van der Waals surface area contributed by atoms with Gasteiger partial charge in [0.2, 0.25) is 0 Å². The molecular weight excluding hydrogens is 248 g/mol. The van der Waals surface area contributed by atoms with E-state index < -0.39 is 5.97 Å². The van der Waals surface area contributed by atoms with Gasteiger partial charge in [-0.3, -0.25) is 4.79 Å². The Bertz CT molecular complexity index is 309. The van der Waals surface area contributed by atoms with E-state index in [-0.39, 0.29) is 25.0 Å². The van der Waals surface area contributed by atoms with Crippen molar-refractivity contribution in [3.8, 4) is 0 Å². The average Bonchev–Trinajstić information content (AvgIpc) is 2.81. The molecule has 6 nitrogen and oxygen atoms in total. The van der Waals surface area contributed by atoms with E-state index in [1.165, 1.54) is 0 Å². The molecule has 0 aromatic rings. The number of carbonyl (C=O) groups is 2. The summed E-state index contributed by atoms with van der Waals surface area (Å²) < 4.78 is 0. The molecule has 0 bridgehead atoms. The molecule has 1 saturated heterocycles. The van der Waals surface area contributed by atoms with E-state index in [1.54, 1.807) is 16.8 Å². The van der Waals surface area contributed by atoms with Crippen molar-refractivity contribution in [3.05, 3.63) is 0 Å². The maximum absolute atomic E-state index is 12.1. The number of carboxylic acids is 1. The quantitative estimate of drug-likeness (QED) is 0.677. The number of carbonyl (C=O) groups excluding carboxylic acids is 1. The first-order valence-corrected chi connectivity index (χ1v) is 6.87. The number of likely N-dealkylation sites (tertiary alicyclic amines) is 1. The molecule has 0 saturated carbocycles. The minimum atomic E-state index is -0.795. The molecule has 110 valence electrons. The Hall–Kier alpha value is -1.30. The van der Waals surface area contributed by atoms with Gasteiger partial charge in [0.15, 0.2) is 0 Å². The lowest BCUT2D eigenvalue weighted by atomic mass is 10.1. The monoisotopic (exact) mass is 272 g/mol. The van der Waals surface area contributed by atoms with Crippen molar-refractivity contribution in [2.75, 3.05) is 33.3 Å². The van der Waals surface area contributed by atoms with Gasteiger partial charge in [-0.1, -0.05) is 0 Å². The first-order chi connectivity index (χ1) is 9.04. The second kappa shape index (κ2) is 7.99. The molecular formula is C13H24N2O4. The fourth-order valence-corrected chi connectivity index (χ4v) is 2.39. The molecule has 0 radical (unpaired) electrons. The fourth-order valence-electron chi connectivity index (χ4n) is 2.39. The summed E-state index contributed by atoms with van der Waals surface area (Å²) in [5.41, 5.74) is 0. The van der Waals surface area contributed by atoms with Crippen LogP contribution in [0, 0.1) is 5.92 Å². The zero-order valence-electron chi connectivity index (χ0n) is 11.5. The van der Waals surface area contributed by atoms with Crippen molar-refractivity contribution in [1.29, 1.82) is 0 Å². The third kappa shape index (κ3) is 5.46. The highest BCUT2D eigenvalue weighted by atomic mass is 16.4. The van der Waals surface area contributed by atoms with E-state index in [0.717, 1.165) is 25.7 Å². The summed E-state index contributed by atoms with van der Waals surface area (Å²) in [5.74, 6) is -0.708. The Kier molecular flexibility index (Phi) is 6.62. The van der Waals surface area contributed by atoms with Crippen LogP contribution < -0.4 is 0 Å². The maximum Gasteiger partial charge on any atom is 0.319 e. The number of unbranched alkanes of at least 4 members (excludes halogenated alkanes) is 2. The summed E-state index contributed by atoms with van der Waals surface area (Å²) in [7, 11) is 1.77. The van der Waals surface area contributed by atoms with Crippen LogP contribution in [-0.2, 0) is 4.79 Å². The maximum atomic E-state index is 12.1. The number of amides is 2. The predicted octanol–water partition coefficient (Wildman–Crippen LogP) is 0.997. The van der Waals surface area contributed by atoms with Gasteiger partial charge in [0.05, 0.1) is 0 Å². The van der Waals surface area contributed by atoms with E-state index in [4.69, 9.17) is 10.2 Å². The zero-order valence-corrected chi connectivity index (χ0v) is 11.5. The number of aliphatic hydroxyl groups excluding tert-OH is 1. The lowest BCUT2D eigenvalue weighted by molar-refractivity contribution is -0.138. The third-order valence-electron chi connectivity index (χ3n) is 3.50. The molecule has 2 N–H and O–H groups in total. The van der Waals surface area contributed by atoms with Crippen molar-refractivity contribution in [1.82, 2.24) is 9.80 Å². The van der Waals surface area contributed by atoms with Gasteiger partial charge in [-0.05, 0) is 31.6 Å². The van der Waals surface area contributed by atoms with E-state index in [0.29, 0.717) is 19.6 Å². The van der Waals surface area contributed by atoms with Gasteiger partial charge < -0.3 is 20.0 Å². The molecule has 0 spiro atoms. The van der Waals surface area contributed by atoms with Crippen LogP contribution in [0.2, 0.25) is 0 Å². The van der Waals surface area contributed by atoms with Crippen LogP contribution in [0.25, 0.3) is 0 Å². The van der Waals surface area contributed by atoms with Crippen LogP contribution >= 0.6 is 0 Å². The average molecular weight is 272 g/mol. The molecule has 2 amide bonds. The number of hydrogen-bond donors (Lipinski definition) is 2. The molecule has 6 heteroatoms. The number of rotatable bonds is 7. The fraction of sp³-hybridized carbons (Fsp3) is 0.846. The van der Waals surface area contributed by atoms with Gasteiger partial charge in [-0.15, -0.1) is 0 Å². The van der Waals surface area contributed by atoms with Crippen LogP contribution in [0.4, 0.5) is 4.79 Å². The molecule has 0 aromatic heterocycles. The molecule has 1 fully saturated rings. The Morgan fingerprint density at radius 1 is 1.32 bits per heavy atom. The summed E-state index contributed by atoms with van der Waals surface area (Å²) in [5, 5.41) is 17.4. The predicted molar refractivity (Wildman–Crippen MR) is 70.9 cm³/mol. The normalized spacial score (nSPS) is 18.6. The summed E-state index contributed by atoms with van der Waals surface area (Å²) in [4.78, 5) is 26.1. The Labute approximate surface area is 114 Å². The largest absolute Gasteiger partial charge is 0.481 e. The molecule has 1 aliphatic heterocycles. The van der Waals surface area contributed by atoms with Crippen molar-refractivity contribution in [2.45, 2.75) is 32.1 Å². The highest BCUT2D eigenvalue weighted by Crippen LogP contribution is 2.20. The first-order valence-electron chi connectivity index (χ1n) is 6.87. The second-order valence-corrected chi connectivity index (χ2v) is 5.19. The number of aliphatic hydroxyl groups is 1. The van der Waals surface area contributed by atoms with E-state index in [1.807, 2.05) is 0 Å². The zero-order chi connectivity index (χ0) is 14.3. The standard InChI is InChI=1S/C13H24N2O4/c1-14(6-3-2-4-8-16)13(19)15-7-5-11(10-15)9-12(17)18/h11,16H,2-10H2,1H3,(H,17,18). The third-order valence-corrected chi connectivity index (χ3v) is 3.50. The van der Waals surface area contributed by atoms with Gasteiger partial charge in [-0.25, -0.2) is 4.79 Å². The molecule has 1 rings (SSSR count). The summed E-state index contributed by atoms with van der Waals surface area (Å²) in [6.45, 7) is 2.07. The Morgan fingerprint density at radius 3 is 2.68 bits per heavy atom. The SMILES string of the molecule is CN(CCCCCO)C(=O)N1CCC(CC(=O)O)C1. The molecule has 0 aromatic carbocycles. The minimum Gasteiger partial charge on any atom is -0.481 e. The van der Waals surface area contributed by atoms with Gasteiger partial charge in [0.25, 0.3) is 0 Å². The van der Waals surface area contributed by atoms with E-state index in [9.17, 15) is 9.59 Å². The highest BCUT2D eigenvalue weighted by Gasteiger charge is 2.29. The van der Waals surface area contributed by atoms with E-state index >= 15 is 0 Å². The number of urea groups is 1. The minimum absolute atomic E-state index is 0.0168. The Balaban J connectivity index is 2.27.